The lowest BCUT2D eigenvalue weighted by Crippen LogP contribution is -2.52. The summed E-state index contributed by atoms with van der Waals surface area (Å²) < 4.78 is 9.40. The second-order valence-electron chi connectivity index (χ2n) is 17.8. The highest BCUT2D eigenvalue weighted by Gasteiger charge is 2.28. The van der Waals surface area contributed by atoms with E-state index in [0.29, 0.717) is 49.4 Å². The number of carbonyl (C=O) groups excluding carboxylic acids is 3. The van der Waals surface area contributed by atoms with Crippen molar-refractivity contribution in [1.29, 1.82) is 0 Å². The summed E-state index contributed by atoms with van der Waals surface area (Å²) in [5.74, 6) is -8.44. The van der Waals surface area contributed by atoms with Crippen molar-refractivity contribution in [2.24, 2.45) is 0 Å². The molecule has 76 heavy (non-hydrogen) atoms. The van der Waals surface area contributed by atoms with Crippen molar-refractivity contribution in [1.82, 2.24) is 45.3 Å². The Morgan fingerprint density at radius 2 is 1.17 bits per heavy atom. The summed E-state index contributed by atoms with van der Waals surface area (Å²) in [6.07, 6.45) is 1.33. The number of amides is 2. The molecule has 0 bridgehead atoms. The van der Waals surface area contributed by atoms with Crippen molar-refractivity contribution in [2.75, 3.05) is 130 Å². The fraction of sp³-hybridized carbons (Fsp3) is 0.630. The maximum atomic E-state index is 12.3. The van der Waals surface area contributed by atoms with Gasteiger partial charge in [-0.3, -0.25) is 67.8 Å². The molecule has 426 valence electrons. The Balaban J connectivity index is 2.10. The first-order chi connectivity index (χ1) is 36.1. The molecule has 0 saturated carbocycles. The highest BCUT2D eigenvalue weighted by Crippen LogP contribution is 2.17. The molecule has 0 aliphatic carbocycles. The third-order valence-electron chi connectivity index (χ3n) is 11.9. The Labute approximate surface area is 444 Å². The lowest BCUT2D eigenvalue weighted by atomic mass is 10.0. The van der Waals surface area contributed by atoms with Gasteiger partial charge in [-0.25, -0.2) is 9.59 Å². The molecule has 29 nitrogen and oxygen atoms in total. The molecule has 11 N–H and O–H groups in total. The predicted octanol–water partition coefficient (Wildman–Crippen LogP) is -2.02. The largest absolute Gasteiger partial charge is 0.480 e. The Hall–Kier alpha value is -6.83. The maximum Gasteiger partial charge on any atom is 0.326 e. The number of aryl methyl sites for hydroxylation is 1. The van der Waals surface area contributed by atoms with Crippen LogP contribution in [0.5, 0.6) is 0 Å². The first-order valence-corrected chi connectivity index (χ1v) is 24.8. The lowest BCUT2D eigenvalue weighted by Gasteiger charge is -2.37. The highest BCUT2D eigenvalue weighted by molar-refractivity contribution is 7.80. The predicted molar refractivity (Wildman–Crippen MR) is 271 cm³/mol. The molecule has 1 heterocycles. The number of urea groups is 1. The molecular formula is C46H72N10O19S. The SMILES string of the molecule is O=COCCC(NC(=O)NC(CCCCNC(=S)Nc1ccc(CCCC(CN2CCN(CC(=O)O)CCN(CCN(CC(=O)O)CC(=O)O)CCN(CC(=O)O)CC2)N(CC(=O)O)CC(=O)O)cc1)OC=O)C(=O)O. The van der Waals surface area contributed by atoms with Crippen molar-refractivity contribution in [3.8, 4) is 0 Å². The molecule has 2 rings (SSSR count). The summed E-state index contributed by atoms with van der Waals surface area (Å²) in [5, 5.41) is 78.3. The van der Waals surface area contributed by atoms with Crippen molar-refractivity contribution in [2.45, 2.75) is 63.3 Å². The van der Waals surface area contributed by atoms with Gasteiger partial charge in [0.1, 0.15) is 6.04 Å². The van der Waals surface area contributed by atoms with E-state index in [1.807, 2.05) is 21.9 Å². The smallest absolute Gasteiger partial charge is 0.326 e. The number of nitrogens with zero attached hydrogens (tertiary/aromatic N) is 6. The van der Waals surface area contributed by atoms with Crippen LogP contribution in [0.2, 0.25) is 0 Å². The second-order valence-corrected chi connectivity index (χ2v) is 18.2. The maximum absolute atomic E-state index is 12.3. The number of unbranched alkanes of at least 4 members (excludes halogenated alkanes) is 1. The van der Waals surface area contributed by atoms with Gasteiger partial charge in [0.15, 0.2) is 11.3 Å². The summed E-state index contributed by atoms with van der Waals surface area (Å²) in [5.41, 5.74) is 1.58. The Morgan fingerprint density at radius 1 is 0.632 bits per heavy atom. The van der Waals surface area contributed by atoms with Crippen LogP contribution < -0.4 is 21.3 Å². The molecule has 1 fully saturated rings. The van der Waals surface area contributed by atoms with Gasteiger partial charge in [0.25, 0.3) is 12.9 Å². The number of hydrogen-bond acceptors (Lipinski definition) is 19. The zero-order chi connectivity index (χ0) is 56.4. The number of ether oxygens (including phenoxy) is 2. The van der Waals surface area contributed by atoms with Crippen molar-refractivity contribution in [3.63, 3.8) is 0 Å². The van der Waals surface area contributed by atoms with E-state index < -0.39 is 92.3 Å². The fourth-order valence-electron chi connectivity index (χ4n) is 8.12. The van der Waals surface area contributed by atoms with Crippen LogP contribution in [0.1, 0.15) is 44.1 Å². The number of aliphatic carboxylic acids is 7. The van der Waals surface area contributed by atoms with E-state index in [-0.39, 0.29) is 117 Å². The molecule has 2 amide bonds. The van der Waals surface area contributed by atoms with Gasteiger partial charge in [-0.1, -0.05) is 12.1 Å². The van der Waals surface area contributed by atoms with Crippen LogP contribution in [0.25, 0.3) is 0 Å². The number of thiocarbonyl (C=S) groups is 1. The highest BCUT2D eigenvalue weighted by atomic mass is 32.1. The Bertz CT molecular complexity index is 1980. The van der Waals surface area contributed by atoms with E-state index in [1.165, 1.54) is 9.80 Å². The zero-order valence-corrected chi connectivity index (χ0v) is 43.0. The first kappa shape index (κ1) is 65.3. The molecule has 1 aromatic rings. The molecule has 30 heteroatoms. The standard InChI is InChI=1S/C46H72N10O19S/c57-31-74-23-11-36(44(71)72)49-45(73)50-37(75-32-58)6-1-2-12-47-46(76)48-34-9-7-33(8-10-34)4-3-5-35(56(29-42(67)68)30-43(69)70)24-52-18-20-53(25-38(59)60)16-13-51(14-17-54(21-19-52)26-39(61)62)15-22-55(27-40(63)64)28-41(65)66/h7-10,31-32,35-37H,1-6,11-30H2,(H,59,60)(H,61,62)(H,63,64)(H,65,66)(H,67,68)(H,69,70)(H,71,72)(H2,47,48,76)(H2,49,50,73). The molecule has 1 aliphatic heterocycles. The van der Waals surface area contributed by atoms with E-state index in [4.69, 9.17) is 17.0 Å². The first-order valence-electron chi connectivity index (χ1n) is 24.4. The van der Waals surface area contributed by atoms with Gasteiger partial charge in [0.2, 0.25) is 0 Å². The third-order valence-corrected chi connectivity index (χ3v) is 12.1. The van der Waals surface area contributed by atoms with Crippen molar-refractivity contribution < 1.29 is 93.2 Å². The quantitative estimate of drug-likeness (QED) is 0.0148. The summed E-state index contributed by atoms with van der Waals surface area (Å²) >= 11 is 5.43. The Kier molecular flexibility index (Phi) is 31.8. The van der Waals surface area contributed by atoms with Gasteiger partial charge < -0.3 is 66.5 Å². The average Bonchev–Trinajstić information content (AvgIpc) is 3.32. The van der Waals surface area contributed by atoms with Crippen LogP contribution in [0, 0.1) is 0 Å². The van der Waals surface area contributed by atoms with Crippen LogP contribution in [-0.4, -0.2) is 274 Å². The molecule has 1 aromatic carbocycles. The number of carboxylic acids is 7. The number of anilines is 1. The van der Waals surface area contributed by atoms with E-state index in [1.54, 1.807) is 21.9 Å². The summed E-state index contributed by atoms with van der Waals surface area (Å²) in [4.78, 5) is 126. The third kappa shape index (κ3) is 30.5. The van der Waals surface area contributed by atoms with Crippen LogP contribution in [0.3, 0.4) is 0 Å². The number of benzene rings is 1. The molecule has 3 unspecified atom stereocenters. The molecule has 0 spiro atoms. The fourth-order valence-corrected chi connectivity index (χ4v) is 8.34. The van der Waals surface area contributed by atoms with Gasteiger partial charge in [-0.05, 0) is 62.0 Å². The number of carboxylic acid groups (broad SMARTS) is 7. The summed E-state index contributed by atoms with van der Waals surface area (Å²) in [6, 6.07) is 4.47. The molecule has 0 radical (unpaired) electrons. The molecule has 1 saturated heterocycles. The van der Waals surface area contributed by atoms with Crippen LogP contribution in [-0.2, 0) is 59.0 Å². The second kappa shape index (κ2) is 37.0. The van der Waals surface area contributed by atoms with E-state index >= 15 is 0 Å². The van der Waals surface area contributed by atoms with Gasteiger partial charge in [-0.2, -0.15) is 0 Å². The molecule has 0 aromatic heterocycles. The normalized spacial score (nSPS) is 15.4. The summed E-state index contributed by atoms with van der Waals surface area (Å²) in [6.45, 7) is 0.0336. The van der Waals surface area contributed by atoms with E-state index in [2.05, 4.69) is 26.0 Å². The minimum atomic E-state index is -1.36. The van der Waals surface area contributed by atoms with Crippen molar-refractivity contribution >= 4 is 83.8 Å². The zero-order valence-electron chi connectivity index (χ0n) is 42.2. The lowest BCUT2D eigenvalue weighted by molar-refractivity contribution is -0.144. The van der Waals surface area contributed by atoms with E-state index in [9.17, 15) is 83.7 Å². The molecule has 1 aliphatic rings. The topological polar surface area (TPSA) is 398 Å². The number of rotatable bonds is 37. The monoisotopic (exact) mass is 1100 g/mol. The molecular weight excluding hydrogens is 1030 g/mol. The summed E-state index contributed by atoms with van der Waals surface area (Å²) in [7, 11) is 0. The minimum absolute atomic E-state index is 0.0654. The van der Waals surface area contributed by atoms with E-state index in [0.717, 1.165) is 5.56 Å². The van der Waals surface area contributed by atoms with Gasteiger partial charge >= 0.3 is 47.8 Å². The van der Waals surface area contributed by atoms with Gasteiger partial charge in [0, 0.05) is 103 Å². The number of nitrogens with one attached hydrogen (secondary N) is 4. The molecule has 3 atom stereocenters. The van der Waals surface area contributed by atoms with Gasteiger partial charge in [0.05, 0.1) is 45.9 Å². The van der Waals surface area contributed by atoms with Crippen LogP contribution in [0.15, 0.2) is 24.3 Å². The number of hydrogen-bond donors (Lipinski definition) is 11. The average molecular weight is 1100 g/mol. The van der Waals surface area contributed by atoms with Gasteiger partial charge in [-0.15, -0.1) is 0 Å². The number of carbonyl (C=O) groups is 10. The van der Waals surface area contributed by atoms with Crippen LogP contribution >= 0.6 is 12.2 Å². The van der Waals surface area contributed by atoms with Crippen molar-refractivity contribution in [3.05, 3.63) is 29.8 Å². The van der Waals surface area contributed by atoms with Crippen LogP contribution in [0.4, 0.5) is 10.5 Å². The Morgan fingerprint density at radius 3 is 1.67 bits per heavy atom. The minimum Gasteiger partial charge on any atom is -0.480 e.